The van der Waals surface area contributed by atoms with Gasteiger partial charge in [-0.05, 0) is 96.7 Å². The molecule has 3 aromatic rings. The van der Waals surface area contributed by atoms with Crippen LogP contribution >= 0.6 is 0 Å². The zero-order chi connectivity index (χ0) is 32.4. The fourth-order valence-corrected chi connectivity index (χ4v) is 5.17. The summed E-state index contributed by atoms with van der Waals surface area (Å²) in [5.41, 5.74) is 3.55. The number of hydrogen-bond acceptors (Lipinski definition) is 7. The van der Waals surface area contributed by atoms with E-state index in [1.807, 2.05) is 66.7 Å². The zero-order valence-corrected chi connectivity index (χ0v) is 27.5. The van der Waals surface area contributed by atoms with Crippen molar-refractivity contribution in [1.29, 1.82) is 0 Å². The highest BCUT2D eigenvalue weighted by molar-refractivity contribution is 5.86. The van der Waals surface area contributed by atoms with Crippen molar-refractivity contribution in [2.75, 3.05) is 44.2 Å². The number of hydrogen-bond donors (Lipinski definition) is 1. The van der Waals surface area contributed by atoms with Crippen molar-refractivity contribution in [2.45, 2.75) is 80.1 Å². The molecule has 2 amide bonds. The molecule has 10 nitrogen and oxygen atoms in total. The van der Waals surface area contributed by atoms with Crippen LogP contribution in [0.3, 0.4) is 0 Å². The number of piperazine rings is 1. The summed E-state index contributed by atoms with van der Waals surface area (Å²) in [6.45, 7) is 19.6. The number of carbonyl (C=O) groups excluding carboxylic acids is 2. The molecule has 0 radical (unpaired) electrons. The predicted molar refractivity (Wildman–Crippen MR) is 169 cm³/mol. The maximum Gasteiger partial charge on any atom is 0.410 e. The van der Waals surface area contributed by atoms with E-state index in [0.717, 1.165) is 22.6 Å². The number of anilines is 1. The molecule has 0 unspecified atom stereocenters. The molecule has 1 fully saturated rings. The first-order valence-corrected chi connectivity index (χ1v) is 15.1. The average Bonchev–Trinajstić information content (AvgIpc) is 3.25. The van der Waals surface area contributed by atoms with Crippen LogP contribution in [-0.2, 0) is 16.0 Å². The van der Waals surface area contributed by atoms with E-state index < -0.39 is 17.3 Å². The molecule has 2 heterocycles. The highest BCUT2D eigenvalue weighted by atomic mass is 19.1. The Hall–Kier alpha value is -4.02. The Balaban J connectivity index is 1.63. The number of aryl methyl sites for hydroxylation is 3. The summed E-state index contributed by atoms with van der Waals surface area (Å²) in [5.74, 6) is 1.14. The van der Waals surface area contributed by atoms with Crippen molar-refractivity contribution in [3.63, 3.8) is 0 Å². The van der Waals surface area contributed by atoms with E-state index in [-0.39, 0.29) is 25.1 Å². The summed E-state index contributed by atoms with van der Waals surface area (Å²) in [5, 5.41) is 2.72. The maximum atomic E-state index is 14.5. The Labute approximate surface area is 259 Å². The van der Waals surface area contributed by atoms with Crippen molar-refractivity contribution in [3.05, 3.63) is 52.3 Å². The molecule has 2 aromatic carbocycles. The third-order valence-corrected chi connectivity index (χ3v) is 7.02. The third kappa shape index (κ3) is 8.33. The van der Waals surface area contributed by atoms with Crippen molar-refractivity contribution in [1.82, 2.24) is 19.8 Å². The van der Waals surface area contributed by atoms with E-state index in [0.29, 0.717) is 55.1 Å². The number of imidazole rings is 1. The van der Waals surface area contributed by atoms with Crippen molar-refractivity contribution in [3.8, 4) is 5.75 Å². The number of alkyl carbamates (subject to hydrolysis) is 1. The molecule has 0 aliphatic carbocycles. The van der Waals surface area contributed by atoms with E-state index in [1.165, 1.54) is 0 Å². The Morgan fingerprint density at radius 2 is 1.52 bits per heavy atom. The van der Waals surface area contributed by atoms with Gasteiger partial charge >= 0.3 is 12.2 Å². The SMILES string of the molecule is Cc1cc(OCCNC(=O)OC(C)(C)C)c2nc(N3CCN(C(=O)OC(C)(C)C)CC3)n(Cc3cc(C)c(F)c(C)c3)c2c1. The lowest BCUT2D eigenvalue weighted by atomic mass is 10.1. The smallest absolute Gasteiger partial charge is 0.410 e. The van der Waals surface area contributed by atoms with Gasteiger partial charge in [0, 0.05) is 26.2 Å². The second-order valence-corrected chi connectivity index (χ2v) is 13.4. The number of nitrogens with one attached hydrogen (secondary N) is 1. The van der Waals surface area contributed by atoms with Crippen molar-refractivity contribution in [2.24, 2.45) is 0 Å². The highest BCUT2D eigenvalue weighted by Gasteiger charge is 2.29. The molecule has 11 heteroatoms. The fraction of sp³-hybridized carbons (Fsp3) is 0.545. The summed E-state index contributed by atoms with van der Waals surface area (Å²) in [7, 11) is 0. The van der Waals surface area contributed by atoms with E-state index in [4.69, 9.17) is 19.2 Å². The summed E-state index contributed by atoms with van der Waals surface area (Å²) in [4.78, 5) is 33.7. The lowest BCUT2D eigenvalue weighted by Gasteiger charge is -2.36. The van der Waals surface area contributed by atoms with E-state index in [2.05, 4.69) is 20.9 Å². The number of amides is 2. The first-order valence-electron chi connectivity index (χ1n) is 15.1. The first-order chi connectivity index (χ1) is 20.5. The van der Waals surface area contributed by atoms with Crippen LogP contribution in [0.1, 0.15) is 63.8 Å². The third-order valence-electron chi connectivity index (χ3n) is 7.02. The van der Waals surface area contributed by atoms with Crippen LogP contribution < -0.4 is 15.0 Å². The van der Waals surface area contributed by atoms with E-state index in [9.17, 15) is 14.0 Å². The van der Waals surface area contributed by atoms with Crippen LogP contribution in [0.15, 0.2) is 24.3 Å². The van der Waals surface area contributed by atoms with Gasteiger partial charge in [-0.2, -0.15) is 0 Å². The van der Waals surface area contributed by atoms with Crippen LogP contribution in [0.5, 0.6) is 5.75 Å². The maximum absolute atomic E-state index is 14.5. The molecule has 240 valence electrons. The Morgan fingerprint density at radius 3 is 2.11 bits per heavy atom. The molecule has 0 bridgehead atoms. The van der Waals surface area contributed by atoms with E-state index >= 15 is 0 Å². The number of nitrogens with zero attached hydrogens (tertiary/aromatic N) is 4. The molecule has 44 heavy (non-hydrogen) atoms. The predicted octanol–water partition coefficient (Wildman–Crippen LogP) is 6.11. The molecule has 0 saturated carbocycles. The van der Waals surface area contributed by atoms with Gasteiger partial charge in [-0.1, -0.05) is 12.1 Å². The molecule has 1 aliphatic rings. The van der Waals surface area contributed by atoms with E-state index in [1.54, 1.807) is 18.7 Å². The monoisotopic (exact) mass is 611 g/mol. The van der Waals surface area contributed by atoms with Crippen LogP contribution in [0, 0.1) is 26.6 Å². The number of carbonyl (C=O) groups is 2. The topological polar surface area (TPSA) is 98.2 Å². The lowest BCUT2D eigenvalue weighted by molar-refractivity contribution is 0.0239. The molecular weight excluding hydrogens is 565 g/mol. The summed E-state index contributed by atoms with van der Waals surface area (Å²) < 4.78 is 33.7. The molecule has 0 atom stereocenters. The van der Waals surface area contributed by atoms with Crippen LogP contribution in [0.4, 0.5) is 19.9 Å². The van der Waals surface area contributed by atoms with Gasteiger partial charge in [0.1, 0.15) is 34.9 Å². The number of fused-ring (bicyclic) bond motifs is 1. The number of benzene rings is 2. The van der Waals surface area contributed by atoms with Crippen molar-refractivity contribution >= 4 is 29.2 Å². The summed E-state index contributed by atoms with van der Waals surface area (Å²) >= 11 is 0. The second kappa shape index (κ2) is 12.9. The number of ether oxygens (including phenoxy) is 3. The van der Waals surface area contributed by atoms with Gasteiger partial charge < -0.3 is 33.9 Å². The molecular formula is C33H46FN5O5. The Bertz CT molecular complexity index is 1490. The van der Waals surface area contributed by atoms with Crippen LogP contribution in [0.2, 0.25) is 0 Å². The molecule has 1 saturated heterocycles. The summed E-state index contributed by atoms with van der Waals surface area (Å²) in [6, 6.07) is 7.74. The normalized spacial score (nSPS) is 14.1. The van der Waals surface area contributed by atoms with Gasteiger partial charge in [0.15, 0.2) is 0 Å². The van der Waals surface area contributed by atoms with Crippen molar-refractivity contribution < 1.29 is 28.2 Å². The molecule has 1 aromatic heterocycles. The Morgan fingerprint density at radius 1 is 0.909 bits per heavy atom. The van der Waals surface area contributed by atoms with Gasteiger partial charge in [0.25, 0.3) is 0 Å². The Kier molecular flexibility index (Phi) is 9.65. The average molecular weight is 612 g/mol. The van der Waals surface area contributed by atoms with Crippen LogP contribution in [-0.4, -0.2) is 77.2 Å². The molecule has 1 N–H and O–H groups in total. The zero-order valence-electron chi connectivity index (χ0n) is 27.5. The minimum absolute atomic E-state index is 0.200. The fourth-order valence-electron chi connectivity index (χ4n) is 5.17. The number of rotatable bonds is 7. The van der Waals surface area contributed by atoms with Gasteiger partial charge in [-0.15, -0.1) is 0 Å². The molecule has 4 rings (SSSR count). The first kappa shape index (κ1) is 32.9. The lowest BCUT2D eigenvalue weighted by Crippen LogP contribution is -2.50. The van der Waals surface area contributed by atoms with Gasteiger partial charge in [0.2, 0.25) is 5.95 Å². The second-order valence-electron chi connectivity index (χ2n) is 13.4. The van der Waals surface area contributed by atoms with Crippen LogP contribution in [0.25, 0.3) is 11.0 Å². The minimum atomic E-state index is -0.586. The van der Waals surface area contributed by atoms with Gasteiger partial charge in [0.05, 0.1) is 18.6 Å². The highest BCUT2D eigenvalue weighted by Crippen LogP contribution is 2.33. The largest absolute Gasteiger partial charge is 0.489 e. The standard InChI is InChI=1S/C33H46FN5O5/c1-21-16-25-28(26(17-21)42-15-10-35-30(40)43-32(4,5)6)36-29(39(25)20-24-18-22(2)27(34)23(3)19-24)37-11-13-38(14-12-37)31(41)44-33(7,8)9/h16-19H,10-15,20H2,1-9H3,(H,35,40). The van der Waals surface area contributed by atoms with Gasteiger partial charge in [-0.3, -0.25) is 0 Å². The summed E-state index contributed by atoms with van der Waals surface area (Å²) in [6.07, 6.45) is -0.827. The number of halogens is 1. The number of aromatic nitrogens is 2. The minimum Gasteiger partial charge on any atom is -0.489 e. The van der Waals surface area contributed by atoms with Gasteiger partial charge in [-0.25, -0.2) is 19.0 Å². The molecule has 1 aliphatic heterocycles. The molecule has 0 spiro atoms. The quantitative estimate of drug-likeness (QED) is 0.322.